The number of anilines is 1. The number of rotatable bonds is 5. The molecule has 27 heavy (non-hydrogen) atoms. The van der Waals surface area contributed by atoms with Gasteiger partial charge in [-0.2, -0.15) is 5.26 Å². The highest BCUT2D eigenvalue weighted by Gasteiger charge is 2.36. The highest BCUT2D eigenvalue weighted by atomic mass is 16.4. The molecule has 0 saturated heterocycles. The molecule has 2 unspecified atom stereocenters. The average Bonchev–Trinajstić information content (AvgIpc) is 3.17. The van der Waals surface area contributed by atoms with Crippen LogP contribution in [0.5, 0.6) is 0 Å². The Kier molecular flexibility index (Phi) is 5.51. The maximum atomic E-state index is 12.7. The third-order valence-corrected chi connectivity index (χ3v) is 5.09. The van der Waals surface area contributed by atoms with Gasteiger partial charge in [0, 0.05) is 24.6 Å². The molecule has 2 atom stereocenters. The summed E-state index contributed by atoms with van der Waals surface area (Å²) in [6.07, 6.45) is 4.45. The summed E-state index contributed by atoms with van der Waals surface area (Å²) in [5.41, 5.74) is 1.81. The normalized spacial score (nSPS) is 18.7. The molecule has 3 rings (SSSR count). The molecule has 6 heteroatoms. The Morgan fingerprint density at radius 3 is 2.52 bits per heavy atom. The number of amides is 1. The second-order valence-electron chi connectivity index (χ2n) is 6.67. The lowest BCUT2D eigenvalue weighted by molar-refractivity contribution is -0.118. The molecule has 1 aliphatic carbocycles. The van der Waals surface area contributed by atoms with Crippen molar-refractivity contribution in [2.45, 2.75) is 44.6 Å². The van der Waals surface area contributed by atoms with E-state index in [-0.39, 0.29) is 23.4 Å². The smallest absolute Gasteiger partial charge is 0.337 e. The lowest BCUT2D eigenvalue weighted by atomic mass is 9.92. The Morgan fingerprint density at radius 1 is 1.22 bits per heavy atom. The molecule has 1 aromatic carbocycles. The van der Waals surface area contributed by atoms with Crippen LogP contribution in [-0.2, 0) is 4.79 Å². The van der Waals surface area contributed by atoms with Gasteiger partial charge >= 0.3 is 5.97 Å². The minimum absolute atomic E-state index is 0.0314. The fourth-order valence-electron chi connectivity index (χ4n) is 3.75. The van der Waals surface area contributed by atoms with Crippen molar-refractivity contribution in [3.05, 3.63) is 59.3 Å². The summed E-state index contributed by atoms with van der Waals surface area (Å²) in [5.74, 6) is -0.429. The lowest BCUT2D eigenvalue weighted by Gasteiger charge is -2.32. The van der Waals surface area contributed by atoms with E-state index in [9.17, 15) is 9.59 Å². The summed E-state index contributed by atoms with van der Waals surface area (Å²) in [4.78, 5) is 29.8. The number of aromatic nitrogens is 1. The monoisotopic (exact) mass is 363 g/mol. The number of hydrogen-bond donors (Lipinski definition) is 1. The summed E-state index contributed by atoms with van der Waals surface area (Å²) in [6, 6.07) is 12.7. The number of hydrogen-bond acceptors (Lipinski definition) is 4. The van der Waals surface area contributed by atoms with Gasteiger partial charge in [0.2, 0.25) is 5.91 Å². The van der Waals surface area contributed by atoms with Crippen LogP contribution in [0.2, 0.25) is 0 Å². The third-order valence-electron chi connectivity index (χ3n) is 5.09. The summed E-state index contributed by atoms with van der Waals surface area (Å²) in [5, 5.41) is 18.1. The summed E-state index contributed by atoms with van der Waals surface area (Å²) in [6.45, 7) is 1.81. The predicted octanol–water partition coefficient (Wildman–Crippen LogP) is 3.73. The maximum Gasteiger partial charge on any atom is 0.337 e. The van der Waals surface area contributed by atoms with Crippen LogP contribution in [0.4, 0.5) is 5.82 Å². The van der Waals surface area contributed by atoms with Crippen LogP contribution in [0.25, 0.3) is 0 Å². The van der Waals surface area contributed by atoms with Crippen molar-refractivity contribution in [2.24, 2.45) is 0 Å². The van der Waals surface area contributed by atoms with Crippen molar-refractivity contribution in [3.8, 4) is 6.07 Å². The molecule has 1 fully saturated rings. The molecule has 138 valence electrons. The molecule has 1 aromatic heterocycles. The van der Waals surface area contributed by atoms with E-state index in [1.807, 2.05) is 19.1 Å². The number of carbonyl (C=O) groups excluding carboxylic acids is 1. The number of nitriles is 1. The minimum Gasteiger partial charge on any atom is -0.478 e. The van der Waals surface area contributed by atoms with E-state index >= 15 is 0 Å². The Morgan fingerprint density at radius 2 is 1.96 bits per heavy atom. The molecule has 6 nitrogen and oxygen atoms in total. The number of benzene rings is 1. The first-order valence-electron chi connectivity index (χ1n) is 9.06. The van der Waals surface area contributed by atoms with Crippen molar-refractivity contribution in [2.75, 3.05) is 4.90 Å². The van der Waals surface area contributed by atoms with Gasteiger partial charge in [-0.05, 0) is 42.7 Å². The Hall–Kier alpha value is -3.20. The van der Waals surface area contributed by atoms with E-state index in [1.54, 1.807) is 23.1 Å². The Labute approximate surface area is 158 Å². The summed E-state index contributed by atoms with van der Waals surface area (Å²) < 4.78 is 0. The molecule has 0 radical (unpaired) electrons. The first-order valence-corrected chi connectivity index (χ1v) is 9.06. The van der Waals surface area contributed by atoms with Crippen LogP contribution < -0.4 is 4.90 Å². The number of nitrogens with zero attached hydrogens (tertiary/aromatic N) is 3. The van der Waals surface area contributed by atoms with Crippen molar-refractivity contribution in [1.29, 1.82) is 5.26 Å². The zero-order valence-corrected chi connectivity index (χ0v) is 15.1. The fourth-order valence-corrected chi connectivity index (χ4v) is 3.75. The van der Waals surface area contributed by atoms with E-state index in [2.05, 4.69) is 11.1 Å². The van der Waals surface area contributed by atoms with Gasteiger partial charge < -0.3 is 5.11 Å². The lowest BCUT2D eigenvalue weighted by Crippen LogP contribution is -2.42. The van der Waals surface area contributed by atoms with Crippen LogP contribution >= 0.6 is 0 Å². The third kappa shape index (κ3) is 3.82. The van der Waals surface area contributed by atoms with E-state index in [4.69, 9.17) is 10.4 Å². The maximum absolute atomic E-state index is 12.7. The molecule has 0 aliphatic heterocycles. The molecule has 2 aromatic rings. The van der Waals surface area contributed by atoms with Crippen LogP contribution in [0.15, 0.2) is 42.6 Å². The minimum atomic E-state index is -1.04. The van der Waals surface area contributed by atoms with Gasteiger partial charge in [-0.1, -0.05) is 25.5 Å². The molecule has 1 N–H and O–H groups in total. The predicted molar refractivity (Wildman–Crippen MR) is 101 cm³/mol. The van der Waals surface area contributed by atoms with E-state index in [0.29, 0.717) is 17.8 Å². The number of carboxylic acid groups (broad SMARTS) is 1. The molecular formula is C21H21N3O3. The van der Waals surface area contributed by atoms with E-state index in [1.165, 1.54) is 12.3 Å². The zero-order valence-electron chi connectivity index (χ0n) is 15.1. The van der Waals surface area contributed by atoms with Gasteiger partial charge in [-0.25, -0.2) is 9.78 Å². The first-order chi connectivity index (χ1) is 13.0. The van der Waals surface area contributed by atoms with Crippen LogP contribution in [-0.4, -0.2) is 28.0 Å². The molecule has 0 bridgehead atoms. The van der Waals surface area contributed by atoms with Gasteiger partial charge in [0.1, 0.15) is 5.82 Å². The molecule has 0 spiro atoms. The molecule has 1 saturated carbocycles. The van der Waals surface area contributed by atoms with Crippen LogP contribution in [0.3, 0.4) is 0 Å². The number of carbonyl (C=O) groups is 2. The zero-order chi connectivity index (χ0) is 19.4. The van der Waals surface area contributed by atoms with Crippen molar-refractivity contribution in [1.82, 2.24) is 4.98 Å². The van der Waals surface area contributed by atoms with Crippen molar-refractivity contribution >= 4 is 17.7 Å². The van der Waals surface area contributed by atoms with Gasteiger partial charge in [0.25, 0.3) is 0 Å². The van der Waals surface area contributed by atoms with Crippen LogP contribution in [0, 0.1) is 11.3 Å². The molecule has 1 amide bonds. The second-order valence-corrected chi connectivity index (χ2v) is 6.67. The Bertz CT molecular complexity index is 869. The first kappa shape index (κ1) is 18.6. The number of carboxylic acids is 1. The van der Waals surface area contributed by atoms with E-state index in [0.717, 1.165) is 24.8 Å². The molecule has 1 aliphatic rings. The number of pyridine rings is 1. The van der Waals surface area contributed by atoms with Crippen molar-refractivity contribution < 1.29 is 14.7 Å². The average molecular weight is 363 g/mol. The van der Waals surface area contributed by atoms with Gasteiger partial charge in [-0.3, -0.25) is 9.69 Å². The van der Waals surface area contributed by atoms with Crippen molar-refractivity contribution in [3.63, 3.8) is 0 Å². The molecule has 1 heterocycles. The van der Waals surface area contributed by atoms with Gasteiger partial charge in [-0.15, -0.1) is 0 Å². The highest BCUT2D eigenvalue weighted by Crippen LogP contribution is 2.39. The highest BCUT2D eigenvalue weighted by molar-refractivity contribution is 5.94. The van der Waals surface area contributed by atoms with Crippen LogP contribution in [0.1, 0.15) is 60.0 Å². The standard InChI is InChI=1S/C21H21N3O3/c1-2-20(25)24(19-11-10-16(13-23-19)21(26)27)18-5-3-4-17(18)15-8-6-14(12-22)7-9-15/h6-11,13,17-18H,2-5H2,1H3,(H,26,27). The second kappa shape index (κ2) is 8.00. The topological polar surface area (TPSA) is 94.3 Å². The van der Waals surface area contributed by atoms with Gasteiger partial charge in [0.05, 0.1) is 17.2 Å². The SMILES string of the molecule is CCC(=O)N(c1ccc(C(=O)O)cn1)C1CCCC1c1ccc(C#N)cc1. The van der Waals surface area contributed by atoms with Gasteiger partial charge in [0.15, 0.2) is 0 Å². The summed E-state index contributed by atoms with van der Waals surface area (Å²) in [7, 11) is 0. The Balaban J connectivity index is 1.94. The van der Waals surface area contributed by atoms with E-state index < -0.39 is 5.97 Å². The number of aromatic carboxylic acids is 1. The largest absolute Gasteiger partial charge is 0.478 e. The fraction of sp³-hybridized carbons (Fsp3) is 0.333. The quantitative estimate of drug-likeness (QED) is 0.873. The summed E-state index contributed by atoms with van der Waals surface area (Å²) >= 11 is 0. The molecular weight excluding hydrogens is 342 g/mol.